The van der Waals surface area contributed by atoms with Crippen LogP contribution in [0.4, 0.5) is 0 Å². The smallest absolute Gasteiger partial charge is 0.307 e. The summed E-state index contributed by atoms with van der Waals surface area (Å²) < 4.78 is 0. The number of hydrogen-bond acceptors (Lipinski definition) is 1. The largest absolute Gasteiger partial charge is 0.481 e. The quantitative estimate of drug-likeness (QED) is 0.744. The van der Waals surface area contributed by atoms with Crippen LogP contribution in [0.2, 0.25) is 0 Å². The van der Waals surface area contributed by atoms with Crippen molar-refractivity contribution in [2.75, 3.05) is 0 Å². The van der Waals surface area contributed by atoms with Crippen LogP contribution in [0.25, 0.3) is 0 Å². The SMILES string of the molecule is O=C(O)CC1=CC2=CC=CC=CC2C=C1. The van der Waals surface area contributed by atoms with Gasteiger partial charge in [-0.25, -0.2) is 0 Å². The van der Waals surface area contributed by atoms with Crippen molar-refractivity contribution in [3.05, 3.63) is 59.8 Å². The van der Waals surface area contributed by atoms with E-state index in [4.69, 9.17) is 5.11 Å². The molecule has 2 nitrogen and oxygen atoms in total. The molecule has 0 saturated heterocycles. The molecule has 0 aliphatic heterocycles. The van der Waals surface area contributed by atoms with E-state index >= 15 is 0 Å². The zero-order valence-electron chi connectivity index (χ0n) is 8.26. The van der Waals surface area contributed by atoms with E-state index in [-0.39, 0.29) is 12.3 Å². The molecule has 0 radical (unpaired) electrons. The Bertz CT molecular complexity index is 420. The highest BCUT2D eigenvalue weighted by Crippen LogP contribution is 2.26. The van der Waals surface area contributed by atoms with Gasteiger partial charge in [0.1, 0.15) is 0 Å². The van der Waals surface area contributed by atoms with Crippen LogP contribution < -0.4 is 0 Å². The lowest BCUT2D eigenvalue weighted by Crippen LogP contribution is -2.03. The van der Waals surface area contributed by atoms with E-state index in [1.54, 1.807) is 0 Å². The molecular weight excluding hydrogens is 188 g/mol. The first-order valence-corrected chi connectivity index (χ1v) is 4.91. The Hall–Kier alpha value is -1.83. The summed E-state index contributed by atoms with van der Waals surface area (Å²) in [6.07, 6.45) is 16.1. The van der Waals surface area contributed by atoms with Crippen LogP contribution in [-0.4, -0.2) is 11.1 Å². The molecule has 0 saturated carbocycles. The van der Waals surface area contributed by atoms with Gasteiger partial charge in [-0.15, -0.1) is 0 Å². The van der Waals surface area contributed by atoms with Crippen LogP contribution in [0.3, 0.4) is 0 Å². The van der Waals surface area contributed by atoms with Gasteiger partial charge in [0.05, 0.1) is 6.42 Å². The van der Waals surface area contributed by atoms with Gasteiger partial charge in [-0.1, -0.05) is 48.6 Å². The molecular formula is C13H12O2. The molecule has 2 heteroatoms. The van der Waals surface area contributed by atoms with Crippen LogP contribution in [0, 0.1) is 5.92 Å². The second kappa shape index (κ2) is 4.13. The van der Waals surface area contributed by atoms with E-state index in [0.717, 1.165) is 11.1 Å². The summed E-state index contributed by atoms with van der Waals surface area (Å²) in [7, 11) is 0. The van der Waals surface area contributed by atoms with Crippen molar-refractivity contribution >= 4 is 5.97 Å². The van der Waals surface area contributed by atoms with E-state index < -0.39 is 5.97 Å². The van der Waals surface area contributed by atoms with Crippen molar-refractivity contribution < 1.29 is 9.90 Å². The van der Waals surface area contributed by atoms with E-state index in [0.29, 0.717) is 0 Å². The van der Waals surface area contributed by atoms with E-state index in [1.807, 2.05) is 42.5 Å². The fourth-order valence-electron chi connectivity index (χ4n) is 1.73. The molecule has 0 aromatic heterocycles. The number of allylic oxidation sites excluding steroid dienone is 9. The van der Waals surface area contributed by atoms with Gasteiger partial charge in [0.2, 0.25) is 0 Å². The summed E-state index contributed by atoms with van der Waals surface area (Å²) in [6.45, 7) is 0. The third-order valence-corrected chi connectivity index (χ3v) is 2.44. The average Bonchev–Trinajstić information content (AvgIpc) is 2.41. The number of rotatable bonds is 2. The van der Waals surface area contributed by atoms with Crippen molar-refractivity contribution in [3.8, 4) is 0 Å². The number of carboxylic acid groups (broad SMARTS) is 1. The standard InChI is InChI=1S/C13H12O2/c14-13(15)9-10-6-7-11-4-2-1-3-5-12(11)8-10/h1-8,11H,9H2,(H,14,15). The zero-order valence-corrected chi connectivity index (χ0v) is 8.26. The molecule has 2 aliphatic rings. The lowest BCUT2D eigenvalue weighted by atomic mass is 9.90. The highest BCUT2D eigenvalue weighted by atomic mass is 16.4. The van der Waals surface area contributed by atoms with Gasteiger partial charge in [-0.3, -0.25) is 4.79 Å². The first-order valence-electron chi connectivity index (χ1n) is 4.91. The summed E-state index contributed by atoms with van der Waals surface area (Å²) in [5.41, 5.74) is 2.01. The summed E-state index contributed by atoms with van der Waals surface area (Å²) in [6, 6.07) is 0. The Morgan fingerprint density at radius 3 is 2.93 bits per heavy atom. The minimum Gasteiger partial charge on any atom is -0.481 e. The number of carbonyl (C=O) groups is 1. The lowest BCUT2D eigenvalue weighted by molar-refractivity contribution is -0.136. The summed E-state index contributed by atoms with van der Waals surface area (Å²) >= 11 is 0. The molecule has 2 aliphatic carbocycles. The Balaban J connectivity index is 2.24. The molecule has 0 aromatic carbocycles. The van der Waals surface area contributed by atoms with Gasteiger partial charge >= 0.3 is 5.97 Å². The number of aliphatic carboxylic acids is 1. The topological polar surface area (TPSA) is 37.3 Å². The highest BCUT2D eigenvalue weighted by molar-refractivity contribution is 5.71. The molecule has 2 rings (SSSR count). The minimum atomic E-state index is -0.787. The molecule has 0 bridgehead atoms. The maximum Gasteiger partial charge on any atom is 0.307 e. The van der Waals surface area contributed by atoms with Crippen LogP contribution in [-0.2, 0) is 4.79 Å². The van der Waals surface area contributed by atoms with Gasteiger partial charge < -0.3 is 5.11 Å². The highest BCUT2D eigenvalue weighted by Gasteiger charge is 2.13. The average molecular weight is 200 g/mol. The molecule has 15 heavy (non-hydrogen) atoms. The van der Waals surface area contributed by atoms with Crippen LogP contribution in [0.15, 0.2) is 59.8 Å². The lowest BCUT2D eigenvalue weighted by Gasteiger charge is -2.15. The Morgan fingerprint density at radius 2 is 2.13 bits per heavy atom. The van der Waals surface area contributed by atoms with Crippen molar-refractivity contribution in [1.82, 2.24) is 0 Å². The third kappa shape index (κ3) is 2.34. The van der Waals surface area contributed by atoms with Gasteiger partial charge in [-0.2, -0.15) is 0 Å². The van der Waals surface area contributed by atoms with Crippen molar-refractivity contribution in [1.29, 1.82) is 0 Å². The molecule has 0 spiro atoms. The predicted octanol–water partition coefficient (Wildman–Crippen LogP) is 2.63. The number of carboxylic acids is 1. The molecule has 0 amide bonds. The monoisotopic (exact) mass is 200 g/mol. The maximum atomic E-state index is 10.6. The summed E-state index contributed by atoms with van der Waals surface area (Å²) in [5, 5.41) is 8.70. The van der Waals surface area contributed by atoms with Crippen molar-refractivity contribution in [2.45, 2.75) is 6.42 Å². The fraction of sp³-hybridized carbons (Fsp3) is 0.154. The molecule has 0 fully saturated rings. The van der Waals surface area contributed by atoms with E-state index in [1.165, 1.54) is 0 Å². The molecule has 0 heterocycles. The predicted molar refractivity (Wildman–Crippen MR) is 59.3 cm³/mol. The first-order chi connectivity index (χ1) is 7.25. The second-order valence-electron chi connectivity index (χ2n) is 3.61. The van der Waals surface area contributed by atoms with Crippen LogP contribution in [0.1, 0.15) is 6.42 Å². The molecule has 1 atom stereocenters. The fourth-order valence-corrected chi connectivity index (χ4v) is 1.73. The third-order valence-electron chi connectivity index (χ3n) is 2.44. The molecule has 1 unspecified atom stereocenters. The Morgan fingerprint density at radius 1 is 1.27 bits per heavy atom. The molecule has 0 aromatic rings. The van der Waals surface area contributed by atoms with Crippen molar-refractivity contribution in [2.24, 2.45) is 5.92 Å². The molecule has 1 N–H and O–H groups in total. The van der Waals surface area contributed by atoms with E-state index in [9.17, 15) is 4.79 Å². The Labute approximate surface area is 88.6 Å². The minimum absolute atomic E-state index is 0.0913. The Kier molecular flexibility index (Phi) is 2.68. The number of hydrogen-bond donors (Lipinski definition) is 1. The first kappa shape index (κ1) is 9.71. The summed E-state index contributed by atoms with van der Waals surface area (Å²) in [4.78, 5) is 10.6. The van der Waals surface area contributed by atoms with Crippen molar-refractivity contribution in [3.63, 3.8) is 0 Å². The van der Waals surface area contributed by atoms with Crippen LogP contribution >= 0.6 is 0 Å². The maximum absolute atomic E-state index is 10.6. The van der Waals surface area contributed by atoms with Gasteiger partial charge in [0.25, 0.3) is 0 Å². The van der Waals surface area contributed by atoms with E-state index in [2.05, 4.69) is 6.08 Å². The summed E-state index contributed by atoms with van der Waals surface area (Å²) in [5.74, 6) is -0.498. The second-order valence-corrected chi connectivity index (χ2v) is 3.61. The normalized spacial score (nSPS) is 22.8. The van der Waals surface area contributed by atoms with Gasteiger partial charge in [0.15, 0.2) is 0 Å². The molecule has 76 valence electrons. The zero-order chi connectivity index (χ0) is 10.7. The van der Waals surface area contributed by atoms with Gasteiger partial charge in [0, 0.05) is 5.92 Å². The van der Waals surface area contributed by atoms with Crippen LogP contribution in [0.5, 0.6) is 0 Å². The van der Waals surface area contributed by atoms with Gasteiger partial charge in [-0.05, 0) is 11.1 Å². The number of fused-ring (bicyclic) bond motifs is 1.